The smallest absolute Gasteiger partial charge is 0.257 e. The number of likely N-dealkylation sites (tertiary alicyclic amines) is 2. The van der Waals surface area contributed by atoms with Gasteiger partial charge in [0.25, 0.3) is 5.91 Å². The normalized spacial score (nSPS) is 22.0. The summed E-state index contributed by atoms with van der Waals surface area (Å²) in [5.74, 6) is 0.246. The van der Waals surface area contributed by atoms with Gasteiger partial charge in [-0.3, -0.25) is 14.3 Å². The van der Waals surface area contributed by atoms with Crippen molar-refractivity contribution in [1.82, 2.24) is 19.6 Å². The summed E-state index contributed by atoms with van der Waals surface area (Å²) < 4.78 is 19.3. The number of alkyl halides is 1. The SMILES string of the molecule is C=CCCOCC(=O)N1CCC2C(CCCN2C(=O)c2cnn(CCF)c2)C1. The minimum Gasteiger partial charge on any atom is -0.371 e. The van der Waals surface area contributed by atoms with Crippen LogP contribution in [0, 0.1) is 5.92 Å². The van der Waals surface area contributed by atoms with Crippen LogP contribution in [0.3, 0.4) is 0 Å². The zero-order chi connectivity index (χ0) is 19.9. The van der Waals surface area contributed by atoms with E-state index in [9.17, 15) is 14.0 Å². The average molecular weight is 392 g/mol. The van der Waals surface area contributed by atoms with E-state index in [4.69, 9.17) is 4.74 Å². The highest BCUT2D eigenvalue weighted by Gasteiger charge is 2.39. The number of piperidine rings is 2. The Hall–Kier alpha value is -2.22. The first kappa shape index (κ1) is 20.5. The number of hydrogen-bond donors (Lipinski definition) is 0. The molecule has 8 heteroatoms. The lowest BCUT2D eigenvalue weighted by atomic mass is 9.83. The summed E-state index contributed by atoms with van der Waals surface area (Å²) >= 11 is 0. The Kier molecular flexibility index (Phi) is 7.19. The third-order valence-corrected chi connectivity index (χ3v) is 5.57. The van der Waals surface area contributed by atoms with Crippen LogP contribution in [0.2, 0.25) is 0 Å². The number of carbonyl (C=O) groups excluding carboxylic acids is 2. The number of amides is 2. The fourth-order valence-corrected chi connectivity index (χ4v) is 4.15. The summed E-state index contributed by atoms with van der Waals surface area (Å²) in [6.45, 7) is 5.91. The molecule has 0 aliphatic carbocycles. The van der Waals surface area contributed by atoms with Crippen molar-refractivity contribution in [1.29, 1.82) is 0 Å². The van der Waals surface area contributed by atoms with Crippen LogP contribution in [0.15, 0.2) is 25.0 Å². The molecule has 2 unspecified atom stereocenters. The number of halogens is 1. The summed E-state index contributed by atoms with van der Waals surface area (Å²) in [7, 11) is 0. The quantitative estimate of drug-likeness (QED) is 0.501. The van der Waals surface area contributed by atoms with Gasteiger partial charge in [0.05, 0.1) is 24.9 Å². The molecule has 2 amide bonds. The molecule has 154 valence electrons. The molecule has 2 aliphatic rings. The highest BCUT2D eigenvalue weighted by Crippen LogP contribution is 2.31. The Morgan fingerprint density at radius 3 is 3.00 bits per heavy atom. The molecule has 7 nitrogen and oxygen atoms in total. The molecule has 0 saturated carbocycles. The van der Waals surface area contributed by atoms with Crippen molar-refractivity contribution in [2.45, 2.75) is 38.3 Å². The minimum absolute atomic E-state index is 0.0125. The van der Waals surface area contributed by atoms with Gasteiger partial charge in [-0.25, -0.2) is 4.39 Å². The van der Waals surface area contributed by atoms with Crippen LogP contribution in [0.5, 0.6) is 0 Å². The molecule has 0 radical (unpaired) electrons. The molecule has 2 aliphatic heterocycles. The van der Waals surface area contributed by atoms with E-state index in [1.807, 2.05) is 9.80 Å². The van der Waals surface area contributed by atoms with Gasteiger partial charge in [0.2, 0.25) is 5.91 Å². The topological polar surface area (TPSA) is 67.7 Å². The molecule has 0 spiro atoms. The highest BCUT2D eigenvalue weighted by molar-refractivity contribution is 5.94. The summed E-state index contributed by atoms with van der Waals surface area (Å²) in [5.41, 5.74) is 0.503. The van der Waals surface area contributed by atoms with Crippen molar-refractivity contribution in [3.63, 3.8) is 0 Å². The summed E-state index contributed by atoms with van der Waals surface area (Å²) in [5, 5.41) is 4.06. The van der Waals surface area contributed by atoms with Crippen molar-refractivity contribution >= 4 is 11.8 Å². The van der Waals surface area contributed by atoms with Gasteiger partial charge < -0.3 is 14.5 Å². The van der Waals surface area contributed by atoms with Crippen LogP contribution >= 0.6 is 0 Å². The maximum Gasteiger partial charge on any atom is 0.257 e. The van der Waals surface area contributed by atoms with E-state index in [1.165, 1.54) is 10.9 Å². The number of ether oxygens (including phenoxy) is 1. The van der Waals surface area contributed by atoms with E-state index >= 15 is 0 Å². The first-order valence-corrected chi connectivity index (χ1v) is 10.00. The molecule has 0 bridgehead atoms. The lowest BCUT2D eigenvalue weighted by Gasteiger charge is -2.47. The van der Waals surface area contributed by atoms with Gasteiger partial charge in [0, 0.05) is 31.9 Å². The molecule has 3 heterocycles. The predicted molar refractivity (Wildman–Crippen MR) is 103 cm³/mol. The molecule has 0 aromatic carbocycles. The highest BCUT2D eigenvalue weighted by atomic mass is 19.1. The number of nitrogens with zero attached hydrogens (tertiary/aromatic N) is 4. The molecule has 1 aromatic heterocycles. The minimum atomic E-state index is -0.509. The van der Waals surface area contributed by atoms with E-state index in [0.717, 1.165) is 25.7 Å². The Morgan fingerprint density at radius 1 is 1.36 bits per heavy atom. The number of carbonyl (C=O) groups is 2. The van der Waals surface area contributed by atoms with E-state index in [2.05, 4.69) is 11.7 Å². The molecule has 1 aromatic rings. The van der Waals surface area contributed by atoms with Crippen LogP contribution in [0.1, 0.15) is 36.0 Å². The maximum absolute atomic E-state index is 13.0. The summed E-state index contributed by atoms with van der Waals surface area (Å²) in [4.78, 5) is 29.1. The zero-order valence-electron chi connectivity index (χ0n) is 16.3. The van der Waals surface area contributed by atoms with Gasteiger partial charge in [0.1, 0.15) is 13.3 Å². The molecule has 2 fully saturated rings. The van der Waals surface area contributed by atoms with Crippen LogP contribution in [0.4, 0.5) is 4.39 Å². The van der Waals surface area contributed by atoms with E-state index in [1.54, 1.807) is 12.3 Å². The monoisotopic (exact) mass is 392 g/mol. The van der Waals surface area contributed by atoms with Gasteiger partial charge >= 0.3 is 0 Å². The second-order valence-corrected chi connectivity index (χ2v) is 7.41. The van der Waals surface area contributed by atoms with Crippen molar-refractivity contribution in [2.75, 3.05) is 39.5 Å². The van der Waals surface area contributed by atoms with Crippen molar-refractivity contribution in [3.05, 3.63) is 30.6 Å². The lowest BCUT2D eigenvalue weighted by molar-refractivity contribution is -0.139. The van der Waals surface area contributed by atoms with Crippen molar-refractivity contribution in [3.8, 4) is 0 Å². The molecular formula is C20H29FN4O3. The maximum atomic E-state index is 13.0. The van der Waals surface area contributed by atoms with Gasteiger partial charge in [-0.15, -0.1) is 6.58 Å². The number of hydrogen-bond acceptors (Lipinski definition) is 4. The van der Waals surface area contributed by atoms with Crippen LogP contribution in [0.25, 0.3) is 0 Å². The molecule has 28 heavy (non-hydrogen) atoms. The predicted octanol–water partition coefficient (Wildman–Crippen LogP) is 1.90. The Morgan fingerprint density at radius 2 is 2.21 bits per heavy atom. The number of fused-ring (bicyclic) bond motifs is 1. The first-order valence-electron chi connectivity index (χ1n) is 10.00. The first-order chi connectivity index (χ1) is 13.6. The third-order valence-electron chi connectivity index (χ3n) is 5.57. The van der Waals surface area contributed by atoms with Gasteiger partial charge in [-0.2, -0.15) is 5.10 Å². The number of aromatic nitrogens is 2. The Bertz CT molecular complexity index is 693. The van der Waals surface area contributed by atoms with Crippen molar-refractivity contribution in [2.24, 2.45) is 5.92 Å². The third kappa shape index (κ3) is 4.79. The van der Waals surface area contributed by atoms with E-state index in [-0.39, 0.29) is 36.9 Å². The number of rotatable bonds is 8. The second kappa shape index (κ2) is 9.82. The lowest BCUT2D eigenvalue weighted by Crippen LogP contribution is -2.57. The average Bonchev–Trinajstić information content (AvgIpc) is 3.18. The van der Waals surface area contributed by atoms with Gasteiger partial charge in [0.15, 0.2) is 0 Å². The van der Waals surface area contributed by atoms with Crippen molar-refractivity contribution < 1.29 is 18.7 Å². The fraction of sp³-hybridized carbons (Fsp3) is 0.650. The van der Waals surface area contributed by atoms with Gasteiger partial charge in [-0.05, 0) is 31.6 Å². The molecule has 2 atom stereocenters. The number of aryl methyl sites for hydroxylation is 1. The van der Waals surface area contributed by atoms with E-state index in [0.29, 0.717) is 31.8 Å². The molecular weight excluding hydrogens is 363 g/mol. The molecule has 2 saturated heterocycles. The largest absolute Gasteiger partial charge is 0.371 e. The van der Waals surface area contributed by atoms with Crippen LogP contribution < -0.4 is 0 Å². The Labute approximate surface area is 165 Å². The van der Waals surface area contributed by atoms with Gasteiger partial charge in [-0.1, -0.05) is 6.08 Å². The van der Waals surface area contributed by atoms with E-state index < -0.39 is 6.67 Å². The molecule has 3 rings (SSSR count). The summed E-state index contributed by atoms with van der Waals surface area (Å²) in [6, 6.07) is 0.136. The second-order valence-electron chi connectivity index (χ2n) is 7.41. The Balaban J connectivity index is 1.57. The zero-order valence-corrected chi connectivity index (χ0v) is 16.3. The standard InChI is InChI=1S/C20H29FN4O3/c1-2-3-11-28-15-19(26)23-9-6-18-16(13-23)5-4-8-25(18)20(27)17-12-22-24(14-17)10-7-21/h2,12,14,16,18H,1,3-11,13,15H2. The summed E-state index contributed by atoms with van der Waals surface area (Å²) in [6.07, 6.45) is 8.33. The fourth-order valence-electron chi connectivity index (χ4n) is 4.15. The molecule has 0 N–H and O–H groups in total. The van der Waals surface area contributed by atoms with Crippen LogP contribution in [-0.4, -0.2) is 77.0 Å². The van der Waals surface area contributed by atoms with Crippen LogP contribution in [-0.2, 0) is 16.1 Å².